The van der Waals surface area contributed by atoms with Gasteiger partial charge in [-0.1, -0.05) is 19.1 Å². The van der Waals surface area contributed by atoms with Crippen molar-refractivity contribution in [1.29, 1.82) is 0 Å². The molecule has 1 atom stereocenters. The number of benzene rings is 1. The van der Waals surface area contributed by atoms with Gasteiger partial charge in [0.25, 0.3) is 0 Å². The van der Waals surface area contributed by atoms with E-state index < -0.39 is 0 Å². The number of aromatic nitrogens is 2. The summed E-state index contributed by atoms with van der Waals surface area (Å²) in [7, 11) is 0. The average Bonchev–Trinajstić information content (AvgIpc) is 2.98. The molecule has 0 amide bonds. The Kier molecular flexibility index (Phi) is 2.85. The van der Waals surface area contributed by atoms with Crippen LogP contribution in [0.1, 0.15) is 19.2 Å². The number of imidazole rings is 1. The summed E-state index contributed by atoms with van der Waals surface area (Å²) in [6.07, 6.45) is 2.16. The molecule has 17 heavy (non-hydrogen) atoms. The Morgan fingerprint density at radius 3 is 3.06 bits per heavy atom. The maximum atomic E-state index is 5.46. The summed E-state index contributed by atoms with van der Waals surface area (Å²) in [5.74, 6) is 1.84. The van der Waals surface area contributed by atoms with Gasteiger partial charge in [-0.25, -0.2) is 4.98 Å². The summed E-state index contributed by atoms with van der Waals surface area (Å²) >= 11 is 0. The maximum absolute atomic E-state index is 5.46. The van der Waals surface area contributed by atoms with E-state index in [9.17, 15) is 0 Å². The van der Waals surface area contributed by atoms with Gasteiger partial charge >= 0.3 is 0 Å². The van der Waals surface area contributed by atoms with Crippen LogP contribution in [-0.2, 0) is 17.7 Å². The third-order valence-electron chi connectivity index (χ3n) is 3.51. The number of ether oxygens (including phenoxy) is 1. The molecule has 2 aromatic rings. The molecule has 1 fully saturated rings. The van der Waals surface area contributed by atoms with Gasteiger partial charge in [-0.2, -0.15) is 0 Å². The van der Waals surface area contributed by atoms with Crippen LogP contribution in [-0.4, -0.2) is 22.8 Å². The predicted octanol–water partition coefficient (Wildman–Crippen LogP) is 2.64. The fraction of sp³-hybridized carbons (Fsp3) is 0.500. The van der Waals surface area contributed by atoms with Crippen LogP contribution in [0.5, 0.6) is 0 Å². The van der Waals surface area contributed by atoms with Crippen LogP contribution in [0, 0.1) is 5.92 Å². The van der Waals surface area contributed by atoms with Crippen molar-refractivity contribution in [2.45, 2.75) is 26.3 Å². The first-order chi connectivity index (χ1) is 8.38. The van der Waals surface area contributed by atoms with Gasteiger partial charge in [-0.3, -0.25) is 0 Å². The number of nitrogens with zero attached hydrogens (tertiary/aromatic N) is 2. The number of para-hydroxylation sites is 2. The Hall–Kier alpha value is -1.35. The maximum Gasteiger partial charge on any atom is 0.109 e. The Labute approximate surface area is 101 Å². The molecule has 0 aliphatic carbocycles. The molecule has 90 valence electrons. The smallest absolute Gasteiger partial charge is 0.109 e. The van der Waals surface area contributed by atoms with Crippen molar-refractivity contribution in [3.05, 3.63) is 30.1 Å². The highest BCUT2D eigenvalue weighted by atomic mass is 16.5. The minimum atomic E-state index is 0.651. The van der Waals surface area contributed by atoms with Gasteiger partial charge in [0.2, 0.25) is 0 Å². The SMILES string of the molecule is CCc1nc2ccccc2n1CC1CCOC1. The molecular formula is C14H18N2O. The first-order valence-corrected chi connectivity index (χ1v) is 6.40. The number of rotatable bonds is 3. The van der Waals surface area contributed by atoms with E-state index in [4.69, 9.17) is 9.72 Å². The van der Waals surface area contributed by atoms with Crippen LogP contribution >= 0.6 is 0 Å². The lowest BCUT2D eigenvalue weighted by molar-refractivity contribution is 0.182. The lowest BCUT2D eigenvalue weighted by Crippen LogP contribution is -2.12. The zero-order valence-electron chi connectivity index (χ0n) is 10.2. The standard InChI is InChI=1S/C14H18N2O/c1-2-14-15-12-5-3-4-6-13(12)16(14)9-11-7-8-17-10-11/h3-6,11H,2,7-10H2,1H3. The van der Waals surface area contributed by atoms with Crippen LogP contribution < -0.4 is 0 Å². The monoisotopic (exact) mass is 230 g/mol. The fourth-order valence-corrected chi connectivity index (χ4v) is 2.58. The summed E-state index contributed by atoms with van der Waals surface area (Å²) in [5.41, 5.74) is 2.37. The van der Waals surface area contributed by atoms with E-state index >= 15 is 0 Å². The lowest BCUT2D eigenvalue weighted by Gasteiger charge is -2.12. The Morgan fingerprint density at radius 2 is 2.29 bits per heavy atom. The van der Waals surface area contributed by atoms with Gasteiger partial charge in [0.05, 0.1) is 17.6 Å². The number of aryl methyl sites for hydroxylation is 1. The Morgan fingerprint density at radius 1 is 1.41 bits per heavy atom. The normalized spacial score (nSPS) is 20.2. The molecule has 0 radical (unpaired) electrons. The molecule has 3 rings (SSSR count). The van der Waals surface area contributed by atoms with Crippen molar-refractivity contribution < 1.29 is 4.74 Å². The van der Waals surface area contributed by atoms with Crippen molar-refractivity contribution in [3.63, 3.8) is 0 Å². The van der Waals surface area contributed by atoms with Gasteiger partial charge in [-0.05, 0) is 18.6 Å². The van der Waals surface area contributed by atoms with Crippen LogP contribution in [0.2, 0.25) is 0 Å². The summed E-state index contributed by atoms with van der Waals surface area (Å²) in [6, 6.07) is 8.40. The van der Waals surface area contributed by atoms with E-state index in [1.165, 1.54) is 17.8 Å². The second kappa shape index (κ2) is 4.49. The zero-order chi connectivity index (χ0) is 11.7. The molecule has 1 saturated heterocycles. The van der Waals surface area contributed by atoms with Crippen LogP contribution in [0.15, 0.2) is 24.3 Å². The number of hydrogen-bond acceptors (Lipinski definition) is 2. The van der Waals surface area contributed by atoms with Crippen molar-refractivity contribution in [3.8, 4) is 0 Å². The van der Waals surface area contributed by atoms with Crippen LogP contribution in [0.3, 0.4) is 0 Å². The molecule has 1 aliphatic heterocycles. The number of fused-ring (bicyclic) bond motifs is 1. The topological polar surface area (TPSA) is 27.1 Å². The Balaban J connectivity index is 1.99. The molecule has 1 aromatic carbocycles. The van der Waals surface area contributed by atoms with E-state index in [1.54, 1.807) is 0 Å². The van der Waals surface area contributed by atoms with Crippen molar-refractivity contribution in [2.24, 2.45) is 5.92 Å². The molecule has 3 nitrogen and oxygen atoms in total. The predicted molar refractivity (Wildman–Crippen MR) is 68.0 cm³/mol. The van der Waals surface area contributed by atoms with E-state index in [1.807, 2.05) is 0 Å². The first kappa shape index (κ1) is 10.8. The minimum absolute atomic E-state index is 0.651. The molecule has 0 bridgehead atoms. The molecule has 0 spiro atoms. The van der Waals surface area contributed by atoms with Crippen molar-refractivity contribution in [1.82, 2.24) is 9.55 Å². The molecule has 1 aliphatic rings. The van der Waals surface area contributed by atoms with Gasteiger partial charge < -0.3 is 9.30 Å². The van der Waals surface area contributed by atoms with Crippen molar-refractivity contribution in [2.75, 3.05) is 13.2 Å². The van der Waals surface area contributed by atoms with E-state index in [0.717, 1.165) is 31.7 Å². The summed E-state index contributed by atoms with van der Waals surface area (Å²) < 4.78 is 7.83. The first-order valence-electron chi connectivity index (χ1n) is 6.40. The second-order valence-corrected chi connectivity index (χ2v) is 4.71. The second-order valence-electron chi connectivity index (χ2n) is 4.71. The molecule has 1 unspecified atom stereocenters. The van der Waals surface area contributed by atoms with Gasteiger partial charge in [0.15, 0.2) is 0 Å². The third kappa shape index (κ3) is 1.95. The van der Waals surface area contributed by atoms with Gasteiger partial charge in [-0.15, -0.1) is 0 Å². The summed E-state index contributed by atoms with van der Waals surface area (Å²) in [4.78, 5) is 4.70. The molecule has 3 heteroatoms. The quantitative estimate of drug-likeness (QED) is 0.810. The zero-order valence-corrected chi connectivity index (χ0v) is 10.2. The van der Waals surface area contributed by atoms with Crippen LogP contribution in [0.25, 0.3) is 11.0 Å². The van der Waals surface area contributed by atoms with Crippen LogP contribution in [0.4, 0.5) is 0 Å². The third-order valence-corrected chi connectivity index (χ3v) is 3.51. The highest BCUT2D eigenvalue weighted by Crippen LogP contribution is 2.21. The summed E-state index contributed by atoms with van der Waals surface area (Å²) in [6.45, 7) is 5.03. The fourth-order valence-electron chi connectivity index (χ4n) is 2.58. The molecule has 1 aromatic heterocycles. The molecule has 0 saturated carbocycles. The molecular weight excluding hydrogens is 212 g/mol. The highest BCUT2D eigenvalue weighted by Gasteiger charge is 2.18. The van der Waals surface area contributed by atoms with E-state index in [-0.39, 0.29) is 0 Å². The highest BCUT2D eigenvalue weighted by molar-refractivity contribution is 5.75. The van der Waals surface area contributed by atoms with E-state index in [2.05, 4.69) is 35.8 Å². The van der Waals surface area contributed by atoms with Gasteiger partial charge in [0.1, 0.15) is 5.82 Å². The molecule has 2 heterocycles. The lowest BCUT2D eigenvalue weighted by atomic mass is 10.1. The molecule has 0 N–H and O–H groups in total. The average molecular weight is 230 g/mol. The Bertz CT molecular complexity index is 512. The van der Waals surface area contributed by atoms with Crippen molar-refractivity contribution >= 4 is 11.0 Å². The van der Waals surface area contributed by atoms with E-state index in [0.29, 0.717) is 5.92 Å². The minimum Gasteiger partial charge on any atom is -0.381 e. The largest absolute Gasteiger partial charge is 0.381 e. The summed E-state index contributed by atoms with van der Waals surface area (Å²) in [5, 5.41) is 0. The number of hydrogen-bond donors (Lipinski definition) is 0. The van der Waals surface area contributed by atoms with Gasteiger partial charge in [0, 0.05) is 25.5 Å².